The lowest BCUT2D eigenvalue weighted by Gasteiger charge is -2.08. The smallest absolute Gasteiger partial charge is 0.239 e. The van der Waals surface area contributed by atoms with Crippen molar-refractivity contribution in [1.82, 2.24) is 30.3 Å². The minimum Gasteiger partial charge on any atom is -0.338 e. The van der Waals surface area contributed by atoms with Gasteiger partial charge in [-0.25, -0.2) is 4.68 Å². The van der Waals surface area contributed by atoms with Gasteiger partial charge in [-0.3, -0.25) is 0 Å². The molecule has 0 aliphatic heterocycles. The molecule has 8 heteroatoms. The van der Waals surface area contributed by atoms with Crippen molar-refractivity contribution in [3.8, 4) is 0 Å². The van der Waals surface area contributed by atoms with Gasteiger partial charge in [0, 0.05) is 12.5 Å². The molecule has 0 spiro atoms. The van der Waals surface area contributed by atoms with Gasteiger partial charge < -0.3 is 4.52 Å². The fourth-order valence-corrected chi connectivity index (χ4v) is 2.43. The van der Waals surface area contributed by atoms with Gasteiger partial charge in [-0.1, -0.05) is 44.6 Å². The largest absolute Gasteiger partial charge is 0.338 e. The topological polar surface area (TPSA) is 82.5 Å². The van der Waals surface area contributed by atoms with E-state index in [-0.39, 0.29) is 11.2 Å². The first-order valence-corrected chi connectivity index (χ1v) is 7.61. The molecule has 0 saturated heterocycles. The van der Waals surface area contributed by atoms with E-state index in [9.17, 15) is 0 Å². The number of rotatable bonds is 6. The molecule has 110 valence electrons. The van der Waals surface area contributed by atoms with Gasteiger partial charge in [0.2, 0.25) is 11.0 Å². The highest BCUT2D eigenvalue weighted by Crippen LogP contribution is 2.32. The van der Waals surface area contributed by atoms with Crippen LogP contribution in [0.5, 0.6) is 0 Å². The maximum absolute atomic E-state index is 5.30. The molecule has 0 bridgehead atoms. The Balaban J connectivity index is 2.07. The van der Waals surface area contributed by atoms with Gasteiger partial charge in [0.05, 0.1) is 5.25 Å². The standard InChI is InChI=1S/C12H20N6OS/c1-7(2)6-18-12(14-16-17-18)20-9(5)11-13-10(8(3)4)15-19-11/h7-9H,6H2,1-5H3. The average Bonchev–Trinajstić information content (AvgIpc) is 2.98. The molecule has 2 rings (SSSR count). The third kappa shape index (κ3) is 3.56. The third-order valence-electron chi connectivity index (χ3n) is 2.64. The lowest BCUT2D eigenvalue weighted by molar-refractivity contribution is 0.372. The van der Waals surface area contributed by atoms with Crippen LogP contribution in [0.2, 0.25) is 0 Å². The van der Waals surface area contributed by atoms with E-state index in [0.29, 0.717) is 11.8 Å². The number of hydrogen-bond donors (Lipinski definition) is 0. The Morgan fingerprint density at radius 3 is 2.55 bits per heavy atom. The lowest BCUT2D eigenvalue weighted by atomic mass is 10.2. The van der Waals surface area contributed by atoms with Crippen LogP contribution < -0.4 is 0 Å². The highest BCUT2D eigenvalue weighted by atomic mass is 32.2. The van der Waals surface area contributed by atoms with Crippen LogP contribution in [-0.4, -0.2) is 30.3 Å². The van der Waals surface area contributed by atoms with Gasteiger partial charge in [0.15, 0.2) is 5.82 Å². The lowest BCUT2D eigenvalue weighted by Crippen LogP contribution is -2.08. The number of thioether (sulfide) groups is 1. The van der Waals surface area contributed by atoms with Crippen LogP contribution in [0, 0.1) is 5.92 Å². The van der Waals surface area contributed by atoms with E-state index < -0.39 is 0 Å². The molecule has 20 heavy (non-hydrogen) atoms. The Kier molecular flexibility index (Phi) is 4.74. The summed E-state index contributed by atoms with van der Waals surface area (Å²) in [6.07, 6.45) is 0. The van der Waals surface area contributed by atoms with Crippen LogP contribution in [-0.2, 0) is 6.54 Å². The van der Waals surface area contributed by atoms with E-state index in [4.69, 9.17) is 4.52 Å². The Hall–Kier alpha value is -1.44. The molecule has 7 nitrogen and oxygen atoms in total. The maximum Gasteiger partial charge on any atom is 0.239 e. The van der Waals surface area contributed by atoms with Crippen LogP contribution in [0.3, 0.4) is 0 Å². The molecule has 0 N–H and O–H groups in total. The summed E-state index contributed by atoms with van der Waals surface area (Å²) in [7, 11) is 0. The molecule has 2 heterocycles. The Bertz CT molecular complexity index is 550. The molecule has 0 aliphatic rings. The first-order valence-electron chi connectivity index (χ1n) is 6.73. The molecule has 1 atom stereocenters. The van der Waals surface area contributed by atoms with Gasteiger partial charge in [-0.15, -0.1) is 5.10 Å². The molecular weight excluding hydrogens is 276 g/mol. The normalized spacial score (nSPS) is 13.3. The molecule has 0 aliphatic carbocycles. The second-order valence-corrected chi connectivity index (χ2v) is 6.75. The highest BCUT2D eigenvalue weighted by Gasteiger charge is 2.20. The maximum atomic E-state index is 5.30. The zero-order chi connectivity index (χ0) is 14.7. The van der Waals surface area contributed by atoms with E-state index in [0.717, 1.165) is 17.5 Å². The van der Waals surface area contributed by atoms with Gasteiger partial charge in [0.25, 0.3) is 0 Å². The van der Waals surface area contributed by atoms with Gasteiger partial charge in [0.1, 0.15) is 0 Å². The van der Waals surface area contributed by atoms with E-state index in [1.807, 2.05) is 25.5 Å². The summed E-state index contributed by atoms with van der Waals surface area (Å²) >= 11 is 1.53. The highest BCUT2D eigenvalue weighted by molar-refractivity contribution is 7.99. The van der Waals surface area contributed by atoms with Crippen molar-refractivity contribution in [3.63, 3.8) is 0 Å². The number of nitrogens with zero attached hydrogens (tertiary/aromatic N) is 6. The van der Waals surface area contributed by atoms with Crippen LogP contribution in [0.1, 0.15) is 57.5 Å². The molecule has 2 aromatic heterocycles. The summed E-state index contributed by atoms with van der Waals surface area (Å²) in [4.78, 5) is 4.40. The van der Waals surface area contributed by atoms with Gasteiger partial charge >= 0.3 is 0 Å². The first kappa shape index (κ1) is 15.0. The number of tetrazole rings is 1. The molecule has 0 fully saturated rings. The second kappa shape index (κ2) is 6.34. The van der Waals surface area contributed by atoms with Crippen LogP contribution in [0.4, 0.5) is 0 Å². The summed E-state index contributed by atoms with van der Waals surface area (Å²) in [6, 6.07) is 0. The SMILES string of the molecule is CC(C)Cn1nnnc1SC(C)c1nc(C(C)C)no1. The van der Waals surface area contributed by atoms with Crippen molar-refractivity contribution in [2.24, 2.45) is 5.92 Å². The molecular formula is C12H20N6OS. The number of hydrogen-bond acceptors (Lipinski definition) is 7. The molecule has 2 aromatic rings. The van der Waals surface area contributed by atoms with E-state index in [1.54, 1.807) is 0 Å². The Morgan fingerprint density at radius 1 is 1.20 bits per heavy atom. The van der Waals surface area contributed by atoms with Crippen molar-refractivity contribution in [1.29, 1.82) is 0 Å². The van der Waals surface area contributed by atoms with Crippen molar-refractivity contribution in [2.45, 2.75) is 57.5 Å². The third-order valence-corrected chi connectivity index (χ3v) is 3.70. The van der Waals surface area contributed by atoms with Crippen molar-refractivity contribution < 1.29 is 4.52 Å². The zero-order valence-electron chi connectivity index (χ0n) is 12.4. The molecule has 0 radical (unpaired) electrons. The summed E-state index contributed by atoms with van der Waals surface area (Å²) < 4.78 is 7.11. The summed E-state index contributed by atoms with van der Waals surface area (Å²) in [5.74, 6) is 2.09. The quantitative estimate of drug-likeness (QED) is 0.758. The van der Waals surface area contributed by atoms with E-state index in [2.05, 4.69) is 39.5 Å². The summed E-state index contributed by atoms with van der Waals surface area (Å²) in [6.45, 7) is 11.1. The van der Waals surface area contributed by atoms with Crippen LogP contribution >= 0.6 is 11.8 Å². The molecule has 0 saturated carbocycles. The van der Waals surface area contributed by atoms with E-state index >= 15 is 0 Å². The Morgan fingerprint density at radius 2 is 1.95 bits per heavy atom. The predicted octanol–water partition coefficient (Wildman–Crippen LogP) is 2.69. The minimum atomic E-state index is 0.0203. The van der Waals surface area contributed by atoms with Crippen molar-refractivity contribution >= 4 is 11.8 Å². The fourth-order valence-electron chi connectivity index (χ4n) is 1.60. The first-order chi connectivity index (χ1) is 9.47. The monoisotopic (exact) mass is 296 g/mol. The van der Waals surface area contributed by atoms with E-state index in [1.165, 1.54) is 11.8 Å². The summed E-state index contributed by atoms with van der Waals surface area (Å²) in [5.41, 5.74) is 0. The molecule has 0 amide bonds. The minimum absolute atomic E-state index is 0.0203. The van der Waals surface area contributed by atoms with Gasteiger partial charge in [-0.2, -0.15) is 4.98 Å². The van der Waals surface area contributed by atoms with Crippen LogP contribution in [0.25, 0.3) is 0 Å². The average molecular weight is 296 g/mol. The molecule has 1 unspecified atom stereocenters. The summed E-state index contributed by atoms with van der Waals surface area (Å²) in [5, 5.41) is 16.6. The van der Waals surface area contributed by atoms with Gasteiger partial charge in [-0.05, 0) is 23.3 Å². The van der Waals surface area contributed by atoms with Crippen LogP contribution in [0.15, 0.2) is 9.68 Å². The number of aromatic nitrogens is 6. The molecule has 0 aromatic carbocycles. The fraction of sp³-hybridized carbons (Fsp3) is 0.750. The zero-order valence-corrected chi connectivity index (χ0v) is 13.3. The predicted molar refractivity (Wildman–Crippen MR) is 75.3 cm³/mol. The Labute approximate surface area is 122 Å². The second-order valence-electron chi connectivity index (χ2n) is 5.44. The van der Waals surface area contributed by atoms with Crippen molar-refractivity contribution in [3.05, 3.63) is 11.7 Å². The van der Waals surface area contributed by atoms with Crippen molar-refractivity contribution in [2.75, 3.05) is 0 Å².